The largest absolute Gasteiger partial charge is 0.493 e. The van der Waals surface area contributed by atoms with Gasteiger partial charge in [-0.2, -0.15) is 0 Å². The molecule has 5 nitrogen and oxygen atoms in total. The van der Waals surface area contributed by atoms with Gasteiger partial charge in [-0.05, 0) is 43.2 Å². The summed E-state index contributed by atoms with van der Waals surface area (Å²) in [6.45, 7) is 4.05. The minimum absolute atomic E-state index is 0.0253. The van der Waals surface area contributed by atoms with Crippen LogP contribution in [0.15, 0.2) is 42.5 Å². The van der Waals surface area contributed by atoms with Gasteiger partial charge in [0, 0.05) is 13.1 Å². The highest BCUT2D eigenvalue weighted by Gasteiger charge is 2.16. The Bertz CT molecular complexity index is 787. The van der Waals surface area contributed by atoms with E-state index in [4.69, 9.17) is 14.2 Å². The smallest absolute Gasteiger partial charge is 0.246 e. The molecule has 27 heavy (non-hydrogen) atoms. The van der Waals surface area contributed by atoms with Crippen LogP contribution in [0.25, 0.3) is 6.08 Å². The van der Waals surface area contributed by atoms with Crippen LogP contribution >= 0.6 is 0 Å². The molecule has 0 heterocycles. The summed E-state index contributed by atoms with van der Waals surface area (Å²) in [7, 11) is 6.48. The number of ether oxygens (including phenoxy) is 3. The number of nitrogens with zero attached hydrogens (tertiary/aromatic N) is 1. The van der Waals surface area contributed by atoms with Gasteiger partial charge in [0.15, 0.2) is 11.5 Å². The van der Waals surface area contributed by atoms with E-state index in [0.29, 0.717) is 17.2 Å². The summed E-state index contributed by atoms with van der Waals surface area (Å²) >= 11 is 0. The molecule has 2 aromatic carbocycles. The number of methoxy groups -OCH3 is 3. The summed E-state index contributed by atoms with van der Waals surface area (Å²) in [5.41, 5.74) is 3.08. The number of carbonyl (C=O) groups is 1. The van der Waals surface area contributed by atoms with Crippen molar-refractivity contribution in [3.8, 4) is 17.2 Å². The van der Waals surface area contributed by atoms with Gasteiger partial charge in [0.2, 0.25) is 11.7 Å². The van der Waals surface area contributed by atoms with Gasteiger partial charge in [0.1, 0.15) is 0 Å². The van der Waals surface area contributed by atoms with Gasteiger partial charge >= 0.3 is 0 Å². The van der Waals surface area contributed by atoms with Crippen LogP contribution in [0, 0.1) is 6.92 Å². The predicted octanol–water partition coefficient (Wildman–Crippen LogP) is 4.25. The highest BCUT2D eigenvalue weighted by Crippen LogP contribution is 2.38. The summed E-state index contributed by atoms with van der Waals surface area (Å²) in [5.74, 6) is 1.53. The summed E-state index contributed by atoms with van der Waals surface area (Å²) in [4.78, 5) is 14.3. The summed E-state index contributed by atoms with van der Waals surface area (Å²) < 4.78 is 16.0. The average molecular weight is 369 g/mol. The first-order valence-corrected chi connectivity index (χ1v) is 8.72. The number of hydrogen-bond donors (Lipinski definition) is 0. The molecule has 0 saturated heterocycles. The number of likely N-dealkylation sites (N-methyl/N-ethyl adjacent to an activating group) is 1. The van der Waals surface area contributed by atoms with Crippen LogP contribution in [0.5, 0.6) is 17.2 Å². The summed E-state index contributed by atoms with van der Waals surface area (Å²) in [6, 6.07) is 11.8. The van der Waals surface area contributed by atoms with E-state index in [9.17, 15) is 4.79 Å². The van der Waals surface area contributed by atoms with Crippen LogP contribution in [0.1, 0.15) is 29.7 Å². The highest BCUT2D eigenvalue weighted by atomic mass is 16.5. The van der Waals surface area contributed by atoms with E-state index in [1.165, 1.54) is 5.56 Å². The van der Waals surface area contributed by atoms with Crippen molar-refractivity contribution in [3.05, 3.63) is 59.2 Å². The first-order valence-electron chi connectivity index (χ1n) is 8.72. The molecular formula is C22H27NO4. The molecule has 0 aromatic heterocycles. The molecule has 0 aliphatic rings. The molecule has 5 heteroatoms. The van der Waals surface area contributed by atoms with Gasteiger partial charge in [-0.15, -0.1) is 0 Å². The first kappa shape index (κ1) is 20.4. The minimum atomic E-state index is -0.0863. The lowest BCUT2D eigenvalue weighted by atomic mass is 10.1. The lowest BCUT2D eigenvalue weighted by Gasteiger charge is -2.24. The van der Waals surface area contributed by atoms with Crippen molar-refractivity contribution in [1.29, 1.82) is 0 Å². The molecule has 0 bridgehead atoms. The van der Waals surface area contributed by atoms with Crippen LogP contribution in [-0.2, 0) is 4.79 Å². The van der Waals surface area contributed by atoms with Gasteiger partial charge in [-0.1, -0.05) is 29.8 Å². The Labute approximate surface area is 161 Å². The predicted molar refractivity (Wildman–Crippen MR) is 107 cm³/mol. The Morgan fingerprint density at radius 3 is 2.04 bits per heavy atom. The van der Waals surface area contributed by atoms with Crippen LogP contribution in [0.4, 0.5) is 0 Å². The average Bonchev–Trinajstić information content (AvgIpc) is 2.70. The Balaban J connectivity index is 2.19. The van der Waals surface area contributed by atoms with Crippen molar-refractivity contribution >= 4 is 12.0 Å². The van der Waals surface area contributed by atoms with Crippen LogP contribution in [-0.4, -0.2) is 39.2 Å². The normalized spacial score (nSPS) is 11.9. The molecule has 0 fully saturated rings. The zero-order valence-electron chi connectivity index (χ0n) is 16.8. The lowest BCUT2D eigenvalue weighted by molar-refractivity contribution is -0.126. The van der Waals surface area contributed by atoms with Crippen molar-refractivity contribution in [1.82, 2.24) is 4.90 Å². The fraction of sp³-hybridized carbons (Fsp3) is 0.318. The van der Waals surface area contributed by atoms with E-state index in [1.54, 1.807) is 57.6 Å². The van der Waals surface area contributed by atoms with Crippen LogP contribution < -0.4 is 14.2 Å². The van der Waals surface area contributed by atoms with E-state index in [2.05, 4.69) is 12.1 Å². The molecule has 1 atom stereocenters. The maximum Gasteiger partial charge on any atom is 0.246 e. The second-order valence-electron chi connectivity index (χ2n) is 6.33. The molecule has 0 radical (unpaired) electrons. The van der Waals surface area contributed by atoms with E-state index in [0.717, 1.165) is 11.1 Å². The molecule has 0 spiro atoms. The van der Waals surface area contributed by atoms with E-state index < -0.39 is 0 Å². The van der Waals surface area contributed by atoms with E-state index in [-0.39, 0.29) is 11.9 Å². The number of aryl methyl sites for hydroxylation is 1. The number of amides is 1. The minimum Gasteiger partial charge on any atom is -0.493 e. The molecule has 2 rings (SSSR count). The second kappa shape index (κ2) is 9.12. The van der Waals surface area contributed by atoms with Crippen molar-refractivity contribution in [2.45, 2.75) is 19.9 Å². The first-order chi connectivity index (χ1) is 12.9. The van der Waals surface area contributed by atoms with Crippen LogP contribution in [0.3, 0.4) is 0 Å². The summed E-state index contributed by atoms with van der Waals surface area (Å²) in [6.07, 6.45) is 3.29. The van der Waals surface area contributed by atoms with E-state index in [1.807, 2.05) is 26.0 Å². The van der Waals surface area contributed by atoms with Crippen LogP contribution in [0.2, 0.25) is 0 Å². The Kier molecular flexibility index (Phi) is 6.88. The highest BCUT2D eigenvalue weighted by molar-refractivity contribution is 5.92. The van der Waals surface area contributed by atoms with Gasteiger partial charge < -0.3 is 19.1 Å². The quantitative estimate of drug-likeness (QED) is 0.685. The van der Waals surface area contributed by atoms with Gasteiger partial charge in [-0.25, -0.2) is 0 Å². The molecule has 144 valence electrons. The SMILES string of the molecule is COc1cc(/C=C/C(=O)N(C)C(C)c2ccc(C)cc2)cc(OC)c1OC. The number of carbonyl (C=O) groups excluding carboxylic acids is 1. The van der Waals surface area contributed by atoms with Gasteiger partial charge in [0.25, 0.3) is 0 Å². The Hall–Kier alpha value is -2.95. The third-order valence-corrected chi connectivity index (χ3v) is 4.59. The summed E-state index contributed by atoms with van der Waals surface area (Å²) in [5, 5.41) is 0. The fourth-order valence-corrected chi connectivity index (χ4v) is 2.74. The maximum atomic E-state index is 12.6. The van der Waals surface area contributed by atoms with Crippen molar-refractivity contribution in [2.75, 3.05) is 28.4 Å². The van der Waals surface area contributed by atoms with Gasteiger partial charge in [-0.3, -0.25) is 4.79 Å². The molecule has 0 aliphatic heterocycles. The van der Waals surface area contributed by atoms with E-state index >= 15 is 0 Å². The van der Waals surface area contributed by atoms with Crippen molar-refractivity contribution in [3.63, 3.8) is 0 Å². The molecule has 0 N–H and O–H groups in total. The molecule has 0 saturated carbocycles. The number of rotatable bonds is 7. The zero-order valence-corrected chi connectivity index (χ0v) is 16.8. The zero-order chi connectivity index (χ0) is 20.0. The molecule has 1 amide bonds. The Morgan fingerprint density at radius 2 is 1.56 bits per heavy atom. The molecule has 2 aromatic rings. The molecule has 1 unspecified atom stereocenters. The standard InChI is InChI=1S/C22H27NO4/c1-15-7-10-18(11-8-15)16(2)23(3)21(24)12-9-17-13-19(25-4)22(27-6)20(14-17)26-5/h7-14,16H,1-6H3/b12-9+. The topological polar surface area (TPSA) is 48.0 Å². The maximum absolute atomic E-state index is 12.6. The number of hydrogen-bond acceptors (Lipinski definition) is 4. The monoisotopic (exact) mass is 369 g/mol. The fourth-order valence-electron chi connectivity index (χ4n) is 2.74. The third kappa shape index (κ3) is 4.82. The second-order valence-corrected chi connectivity index (χ2v) is 6.33. The van der Waals surface area contributed by atoms with Gasteiger partial charge in [0.05, 0.1) is 27.4 Å². The lowest BCUT2D eigenvalue weighted by Crippen LogP contribution is -2.27. The van der Waals surface area contributed by atoms with Crippen molar-refractivity contribution in [2.24, 2.45) is 0 Å². The molecule has 0 aliphatic carbocycles. The molecular weight excluding hydrogens is 342 g/mol. The number of benzene rings is 2. The third-order valence-electron chi connectivity index (χ3n) is 4.59. The van der Waals surface area contributed by atoms with Crippen molar-refractivity contribution < 1.29 is 19.0 Å². The Morgan fingerprint density at radius 1 is 1.00 bits per heavy atom.